The van der Waals surface area contributed by atoms with Crippen LogP contribution in [0.1, 0.15) is 5.56 Å². The van der Waals surface area contributed by atoms with Crippen molar-refractivity contribution in [1.29, 1.82) is 0 Å². The lowest BCUT2D eigenvalue weighted by Crippen LogP contribution is -2.00. The lowest BCUT2D eigenvalue weighted by atomic mass is 10.0. The molecule has 0 amide bonds. The van der Waals surface area contributed by atoms with Crippen molar-refractivity contribution in [1.82, 2.24) is 4.57 Å². The summed E-state index contributed by atoms with van der Waals surface area (Å²) in [4.78, 5) is 0. The van der Waals surface area contributed by atoms with Crippen LogP contribution in [0.25, 0.3) is 69.6 Å². The number of nitrogens with two attached hydrogens (primary N) is 1. The van der Waals surface area contributed by atoms with E-state index in [1.807, 2.05) is 12.1 Å². The van der Waals surface area contributed by atoms with Crippen LogP contribution in [0.15, 0.2) is 146 Å². The molecule has 9 aromatic rings. The van der Waals surface area contributed by atoms with Crippen LogP contribution >= 0.6 is 11.3 Å². The molecule has 0 aliphatic carbocycles. The van der Waals surface area contributed by atoms with Crippen LogP contribution in [-0.2, 0) is 6.61 Å². The molecule has 214 valence electrons. The number of thiophene rings is 1. The van der Waals surface area contributed by atoms with Gasteiger partial charge in [-0.2, -0.15) is 0 Å². The number of nitrogens with zero attached hydrogens (tertiary/aromatic N) is 1. The highest BCUT2D eigenvalue weighted by Crippen LogP contribution is 2.44. The Bertz CT molecular complexity index is 2540. The zero-order valence-corrected chi connectivity index (χ0v) is 25.2. The topological polar surface area (TPSA) is 40.2 Å². The molecule has 0 radical (unpaired) electrons. The fourth-order valence-corrected chi connectivity index (χ4v) is 7.88. The van der Waals surface area contributed by atoms with E-state index in [2.05, 4.69) is 138 Å². The van der Waals surface area contributed by atoms with Gasteiger partial charge in [0, 0.05) is 36.6 Å². The largest absolute Gasteiger partial charge is 0.486 e. The first-order chi connectivity index (χ1) is 22.2. The molecule has 0 bridgehead atoms. The van der Waals surface area contributed by atoms with Crippen LogP contribution in [-0.4, -0.2) is 4.57 Å². The van der Waals surface area contributed by atoms with Crippen molar-refractivity contribution in [2.24, 2.45) is 0 Å². The van der Waals surface area contributed by atoms with E-state index in [1.165, 1.54) is 58.5 Å². The van der Waals surface area contributed by atoms with E-state index in [9.17, 15) is 0 Å². The van der Waals surface area contributed by atoms with E-state index in [1.54, 1.807) is 11.3 Å². The Labute approximate surface area is 264 Å². The molecule has 0 spiro atoms. The fourth-order valence-electron chi connectivity index (χ4n) is 6.73. The predicted octanol–water partition coefficient (Wildman–Crippen LogP) is 11.1. The maximum absolute atomic E-state index is 6.53. The van der Waals surface area contributed by atoms with Gasteiger partial charge in [-0.25, -0.2) is 0 Å². The zero-order chi connectivity index (χ0) is 29.9. The molecule has 45 heavy (non-hydrogen) atoms. The van der Waals surface area contributed by atoms with Gasteiger partial charge in [-0.15, -0.1) is 11.3 Å². The van der Waals surface area contributed by atoms with Crippen LogP contribution in [0.4, 0.5) is 5.69 Å². The number of benzene rings is 7. The van der Waals surface area contributed by atoms with Crippen LogP contribution in [0.3, 0.4) is 0 Å². The van der Waals surface area contributed by atoms with Gasteiger partial charge in [-0.3, -0.25) is 0 Å². The maximum atomic E-state index is 6.53. The third-order valence-corrected chi connectivity index (χ3v) is 9.99. The van der Waals surface area contributed by atoms with Crippen LogP contribution in [0.5, 0.6) is 5.75 Å². The number of hydrogen-bond acceptors (Lipinski definition) is 3. The van der Waals surface area contributed by atoms with E-state index in [-0.39, 0.29) is 0 Å². The van der Waals surface area contributed by atoms with Gasteiger partial charge in [0.05, 0.1) is 16.7 Å². The second-order valence-electron chi connectivity index (χ2n) is 11.5. The Morgan fingerprint density at radius 2 is 1.33 bits per heavy atom. The Morgan fingerprint density at radius 1 is 0.556 bits per heavy atom. The van der Waals surface area contributed by atoms with Gasteiger partial charge in [0.15, 0.2) is 5.75 Å². The molecular weight excluding hydrogens is 569 g/mol. The third kappa shape index (κ3) is 4.18. The fraction of sp³-hybridized carbons (Fsp3) is 0.0244. The van der Waals surface area contributed by atoms with Gasteiger partial charge in [-0.1, -0.05) is 103 Å². The Morgan fingerprint density at radius 3 is 2.20 bits per heavy atom. The summed E-state index contributed by atoms with van der Waals surface area (Å²) in [5, 5.41) is 7.34. The standard InChI is InChI=1S/C41H28N2OS/c42-34-21-23-37-40(33-20-16-29(24-38(33)45-37)27-8-2-1-3-9-27)41(34)44-25-26-14-18-30(19-15-26)43-35-13-7-6-12-32(35)39-31-11-5-4-10-28(31)17-22-36(39)43/h1-24H,25,42H2. The highest BCUT2D eigenvalue weighted by Gasteiger charge is 2.16. The van der Waals surface area contributed by atoms with Crippen molar-refractivity contribution in [3.8, 4) is 22.6 Å². The van der Waals surface area contributed by atoms with Gasteiger partial charge in [-0.05, 0) is 69.9 Å². The summed E-state index contributed by atoms with van der Waals surface area (Å²) in [6, 6.07) is 51.7. The molecule has 7 aromatic carbocycles. The highest BCUT2D eigenvalue weighted by atomic mass is 32.1. The van der Waals surface area contributed by atoms with E-state index in [0.717, 1.165) is 22.4 Å². The molecule has 2 N–H and O–H groups in total. The minimum absolute atomic E-state index is 0.431. The van der Waals surface area contributed by atoms with E-state index >= 15 is 0 Å². The molecule has 0 fully saturated rings. The summed E-state index contributed by atoms with van der Waals surface area (Å²) in [7, 11) is 0. The summed E-state index contributed by atoms with van der Waals surface area (Å²) in [6.45, 7) is 0.431. The Balaban J connectivity index is 1.07. The van der Waals surface area contributed by atoms with Crippen LogP contribution < -0.4 is 10.5 Å². The van der Waals surface area contributed by atoms with Crippen molar-refractivity contribution in [2.75, 3.05) is 5.73 Å². The summed E-state index contributed by atoms with van der Waals surface area (Å²) in [6.07, 6.45) is 0. The second-order valence-corrected chi connectivity index (χ2v) is 12.6. The number of nitrogen functional groups attached to an aromatic ring is 1. The minimum Gasteiger partial charge on any atom is -0.486 e. The lowest BCUT2D eigenvalue weighted by molar-refractivity contribution is 0.312. The van der Waals surface area contributed by atoms with Gasteiger partial charge < -0.3 is 15.0 Å². The first-order valence-electron chi connectivity index (χ1n) is 15.2. The molecule has 3 nitrogen and oxygen atoms in total. The molecule has 0 aliphatic heterocycles. The summed E-state index contributed by atoms with van der Waals surface area (Å²) in [5.74, 6) is 0.754. The number of para-hydroxylation sites is 1. The summed E-state index contributed by atoms with van der Waals surface area (Å²) >= 11 is 1.78. The molecule has 0 unspecified atom stereocenters. The average Bonchev–Trinajstić information content (AvgIpc) is 3.64. The van der Waals surface area contributed by atoms with E-state index < -0.39 is 0 Å². The Hall–Kier alpha value is -5.58. The third-order valence-electron chi connectivity index (χ3n) is 8.87. The predicted molar refractivity (Wildman–Crippen MR) is 192 cm³/mol. The number of hydrogen-bond donors (Lipinski definition) is 1. The number of fused-ring (bicyclic) bond motifs is 8. The first-order valence-corrected chi connectivity index (χ1v) is 16.0. The smallest absolute Gasteiger partial charge is 0.151 e. The number of rotatable bonds is 5. The summed E-state index contributed by atoms with van der Waals surface area (Å²) in [5.41, 5.74) is 14.2. The van der Waals surface area contributed by atoms with Crippen molar-refractivity contribution >= 4 is 69.8 Å². The molecule has 0 atom stereocenters. The highest BCUT2D eigenvalue weighted by molar-refractivity contribution is 7.26. The van der Waals surface area contributed by atoms with Gasteiger partial charge in [0.25, 0.3) is 0 Å². The zero-order valence-electron chi connectivity index (χ0n) is 24.4. The lowest BCUT2D eigenvalue weighted by Gasteiger charge is -2.12. The molecule has 4 heteroatoms. The molecular formula is C41H28N2OS. The monoisotopic (exact) mass is 596 g/mol. The second kappa shape index (κ2) is 10.3. The SMILES string of the molecule is Nc1ccc2sc3cc(-c4ccccc4)ccc3c2c1OCc1ccc(-n2c3ccccc3c3c4ccccc4ccc32)cc1. The first kappa shape index (κ1) is 25.9. The van der Waals surface area contributed by atoms with Crippen molar-refractivity contribution in [3.63, 3.8) is 0 Å². The van der Waals surface area contributed by atoms with Crippen molar-refractivity contribution in [2.45, 2.75) is 6.61 Å². The van der Waals surface area contributed by atoms with E-state index in [0.29, 0.717) is 12.3 Å². The molecule has 0 saturated heterocycles. The molecule has 0 saturated carbocycles. The quantitative estimate of drug-likeness (QED) is 0.201. The average molecular weight is 597 g/mol. The van der Waals surface area contributed by atoms with Gasteiger partial charge >= 0.3 is 0 Å². The van der Waals surface area contributed by atoms with Crippen LogP contribution in [0, 0.1) is 0 Å². The minimum atomic E-state index is 0.431. The van der Waals surface area contributed by atoms with Gasteiger partial charge in [0.1, 0.15) is 6.61 Å². The maximum Gasteiger partial charge on any atom is 0.151 e. The normalized spacial score (nSPS) is 11.7. The molecule has 9 rings (SSSR count). The number of ether oxygens (including phenoxy) is 1. The number of aromatic nitrogens is 1. The Kier molecular flexibility index (Phi) is 5.90. The number of anilines is 1. The van der Waals surface area contributed by atoms with E-state index in [4.69, 9.17) is 10.5 Å². The molecule has 0 aliphatic rings. The van der Waals surface area contributed by atoms with Crippen molar-refractivity contribution < 1.29 is 4.74 Å². The van der Waals surface area contributed by atoms with Crippen LogP contribution in [0.2, 0.25) is 0 Å². The molecule has 2 heterocycles. The molecule has 2 aromatic heterocycles. The van der Waals surface area contributed by atoms with Crippen molar-refractivity contribution in [3.05, 3.63) is 151 Å². The van der Waals surface area contributed by atoms with Gasteiger partial charge in [0.2, 0.25) is 0 Å². The summed E-state index contributed by atoms with van der Waals surface area (Å²) < 4.78 is 11.3.